The highest BCUT2D eigenvalue weighted by Gasteiger charge is 2.39. The van der Waals surface area contributed by atoms with Gasteiger partial charge in [0.2, 0.25) is 0 Å². The Morgan fingerprint density at radius 1 is 1.24 bits per heavy atom. The molecule has 1 aromatic heterocycles. The number of hydroxylamine groups is 1. The van der Waals surface area contributed by atoms with Gasteiger partial charge in [0.25, 0.3) is 0 Å². The van der Waals surface area contributed by atoms with Gasteiger partial charge in [0, 0.05) is 24.3 Å². The van der Waals surface area contributed by atoms with Crippen LogP contribution in [0.15, 0.2) is 35.7 Å². The summed E-state index contributed by atoms with van der Waals surface area (Å²) in [5, 5.41) is 4.39. The van der Waals surface area contributed by atoms with E-state index in [9.17, 15) is 0 Å². The maximum Gasteiger partial charge on any atom is 0.101 e. The number of hydrogen-bond donors (Lipinski definition) is 0. The molecule has 1 saturated heterocycles. The van der Waals surface area contributed by atoms with Gasteiger partial charge >= 0.3 is 0 Å². The molecule has 2 aliphatic heterocycles. The van der Waals surface area contributed by atoms with Crippen LogP contribution in [0, 0.1) is 0 Å². The number of fused-ring (bicyclic) bond motifs is 5. The third kappa shape index (κ3) is 2.27. The summed E-state index contributed by atoms with van der Waals surface area (Å²) in [4.78, 5) is 9.99. The predicted octanol–water partition coefficient (Wildman–Crippen LogP) is 3.47. The molecule has 4 heteroatoms. The fourth-order valence-electron chi connectivity index (χ4n) is 3.44. The lowest BCUT2D eigenvalue weighted by Gasteiger charge is -2.24. The molecule has 0 spiro atoms. The summed E-state index contributed by atoms with van der Waals surface area (Å²) in [6, 6.07) is 11.3. The molecule has 21 heavy (non-hydrogen) atoms. The van der Waals surface area contributed by atoms with E-state index in [1.807, 2.05) is 11.3 Å². The van der Waals surface area contributed by atoms with Crippen molar-refractivity contribution in [1.29, 1.82) is 0 Å². The van der Waals surface area contributed by atoms with Gasteiger partial charge in [-0.1, -0.05) is 18.2 Å². The Kier molecular flexibility index (Phi) is 3.25. The molecule has 0 bridgehead atoms. The summed E-state index contributed by atoms with van der Waals surface area (Å²) >= 11 is 1.87. The fraction of sp³-hybridized carbons (Fsp3) is 0.412. The van der Waals surface area contributed by atoms with Gasteiger partial charge in [-0.3, -0.25) is 4.84 Å². The average molecular weight is 300 g/mol. The van der Waals surface area contributed by atoms with Crippen molar-refractivity contribution in [3.05, 3.63) is 51.7 Å². The highest BCUT2D eigenvalue weighted by atomic mass is 32.1. The van der Waals surface area contributed by atoms with Crippen molar-refractivity contribution in [1.82, 2.24) is 4.90 Å². The minimum absolute atomic E-state index is 0.270. The summed E-state index contributed by atoms with van der Waals surface area (Å²) < 4.78 is 0. The summed E-state index contributed by atoms with van der Waals surface area (Å²) in [6.07, 6.45) is 2.36. The molecule has 110 valence electrons. The lowest BCUT2D eigenvalue weighted by Crippen LogP contribution is -2.27. The second-order valence-electron chi connectivity index (χ2n) is 6.18. The molecule has 2 aromatic rings. The molecule has 0 aliphatic carbocycles. The van der Waals surface area contributed by atoms with Gasteiger partial charge in [-0.15, -0.1) is 11.3 Å². The number of likely N-dealkylation sites (N-methyl/N-ethyl adjacent to an activating group) is 1. The van der Waals surface area contributed by atoms with E-state index in [4.69, 9.17) is 4.84 Å². The van der Waals surface area contributed by atoms with Crippen LogP contribution in [0.2, 0.25) is 0 Å². The molecule has 0 saturated carbocycles. The Hall–Kier alpha value is -1.36. The van der Waals surface area contributed by atoms with Crippen molar-refractivity contribution in [3.63, 3.8) is 0 Å². The fourth-order valence-corrected chi connectivity index (χ4v) is 4.46. The van der Waals surface area contributed by atoms with Crippen molar-refractivity contribution in [2.24, 2.45) is 0 Å². The lowest BCUT2D eigenvalue weighted by molar-refractivity contribution is 0.0650. The topological polar surface area (TPSA) is 15.7 Å². The second-order valence-corrected chi connectivity index (χ2v) is 7.13. The van der Waals surface area contributed by atoms with Crippen molar-refractivity contribution >= 4 is 17.0 Å². The summed E-state index contributed by atoms with van der Waals surface area (Å²) in [7, 11) is 4.22. The number of hydrogen-bond acceptors (Lipinski definition) is 4. The first-order valence-corrected chi connectivity index (χ1v) is 8.35. The molecule has 2 unspecified atom stereocenters. The van der Waals surface area contributed by atoms with Crippen molar-refractivity contribution in [2.45, 2.75) is 25.0 Å². The van der Waals surface area contributed by atoms with Crippen molar-refractivity contribution in [2.75, 3.05) is 25.7 Å². The molecule has 2 atom stereocenters. The highest BCUT2D eigenvalue weighted by molar-refractivity contribution is 7.10. The first-order valence-electron chi connectivity index (χ1n) is 7.47. The molecule has 3 nitrogen and oxygen atoms in total. The molecule has 4 rings (SSSR count). The average Bonchev–Trinajstić information content (AvgIpc) is 3.03. The SMILES string of the molecule is CN(C)CC1CC2c3sccc3Cc3ccccc3N2O1. The van der Waals surface area contributed by atoms with E-state index in [1.54, 1.807) is 0 Å². The maximum absolute atomic E-state index is 6.31. The van der Waals surface area contributed by atoms with Gasteiger partial charge in [-0.25, -0.2) is 5.06 Å². The number of para-hydroxylation sites is 1. The second kappa shape index (κ2) is 5.13. The van der Waals surface area contributed by atoms with Crippen LogP contribution < -0.4 is 5.06 Å². The zero-order chi connectivity index (χ0) is 14.4. The van der Waals surface area contributed by atoms with E-state index in [0.29, 0.717) is 6.04 Å². The van der Waals surface area contributed by atoms with E-state index in [0.717, 1.165) is 19.4 Å². The Morgan fingerprint density at radius 2 is 2.10 bits per heavy atom. The Bertz CT molecular complexity index is 652. The first kappa shape index (κ1) is 13.3. The largest absolute Gasteiger partial charge is 0.307 e. The molecule has 3 heterocycles. The van der Waals surface area contributed by atoms with Crippen LogP contribution in [0.1, 0.15) is 28.5 Å². The Labute approximate surface area is 129 Å². The third-order valence-electron chi connectivity index (χ3n) is 4.29. The van der Waals surface area contributed by atoms with Crippen LogP contribution in [0.5, 0.6) is 0 Å². The molecule has 0 N–H and O–H groups in total. The lowest BCUT2D eigenvalue weighted by atomic mass is 10.0. The molecular formula is C17H20N2OS. The minimum atomic E-state index is 0.270. The Morgan fingerprint density at radius 3 is 2.95 bits per heavy atom. The number of rotatable bonds is 2. The number of anilines is 1. The zero-order valence-electron chi connectivity index (χ0n) is 12.5. The standard InChI is InChI=1S/C17H20N2OS/c1-18(2)11-14-10-16-17-13(7-8-21-17)9-12-5-3-4-6-15(12)19(16)20-14/h3-8,14,16H,9-11H2,1-2H3. The van der Waals surface area contributed by atoms with E-state index in [2.05, 4.69) is 59.8 Å². The molecule has 1 aromatic carbocycles. The number of thiophene rings is 1. The summed E-state index contributed by atoms with van der Waals surface area (Å²) in [6.45, 7) is 0.968. The molecular weight excluding hydrogens is 280 g/mol. The van der Waals surface area contributed by atoms with Crippen LogP contribution in [-0.4, -0.2) is 31.6 Å². The van der Waals surface area contributed by atoms with E-state index in [1.165, 1.54) is 21.7 Å². The number of benzene rings is 1. The van der Waals surface area contributed by atoms with Crippen LogP contribution >= 0.6 is 11.3 Å². The van der Waals surface area contributed by atoms with Gasteiger partial charge in [0.1, 0.15) is 6.10 Å². The predicted molar refractivity (Wildman–Crippen MR) is 86.8 cm³/mol. The molecule has 0 radical (unpaired) electrons. The minimum Gasteiger partial charge on any atom is -0.307 e. The maximum atomic E-state index is 6.31. The van der Waals surface area contributed by atoms with Gasteiger partial charge in [0.15, 0.2) is 0 Å². The van der Waals surface area contributed by atoms with Crippen molar-refractivity contribution < 1.29 is 4.84 Å². The van der Waals surface area contributed by atoms with Gasteiger partial charge < -0.3 is 4.90 Å². The van der Waals surface area contributed by atoms with Crippen LogP contribution in [0.25, 0.3) is 0 Å². The van der Waals surface area contributed by atoms with Crippen LogP contribution in [0.3, 0.4) is 0 Å². The molecule has 1 fully saturated rings. The van der Waals surface area contributed by atoms with Crippen LogP contribution in [0.4, 0.5) is 5.69 Å². The van der Waals surface area contributed by atoms with E-state index < -0.39 is 0 Å². The monoisotopic (exact) mass is 300 g/mol. The third-order valence-corrected chi connectivity index (χ3v) is 5.35. The highest BCUT2D eigenvalue weighted by Crippen LogP contribution is 2.45. The summed E-state index contributed by atoms with van der Waals surface area (Å²) in [5.41, 5.74) is 4.08. The van der Waals surface area contributed by atoms with Gasteiger partial charge in [-0.2, -0.15) is 0 Å². The molecule has 0 amide bonds. The summed E-state index contributed by atoms with van der Waals surface area (Å²) in [5.74, 6) is 0. The smallest absolute Gasteiger partial charge is 0.101 e. The number of nitrogens with zero attached hydrogens (tertiary/aromatic N) is 2. The van der Waals surface area contributed by atoms with Gasteiger partial charge in [0.05, 0.1) is 11.7 Å². The first-order chi connectivity index (χ1) is 10.2. The zero-order valence-corrected chi connectivity index (χ0v) is 13.3. The van der Waals surface area contributed by atoms with Gasteiger partial charge in [-0.05, 0) is 42.7 Å². The van der Waals surface area contributed by atoms with Crippen molar-refractivity contribution in [3.8, 4) is 0 Å². The normalized spacial score (nSPS) is 23.7. The quantitative estimate of drug-likeness (QED) is 0.844. The Balaban J connectivity index is 1.76. The molecule has 2 aliphatic rings. The van der Waals surface area contributed by atoms with Crippen LogP contribution in [-0.2, 0) is 11.3 Å². The van der Waals surface area contributed by atoms with E-state index in [-0.39, 0.29) is 6.10 Å². The van der Waals surface area contributed by atoms with E-state index >= 15 is 0 Å².